The van der Waals surface area contributed by atoms with E-state index >= 15 is 0 Å². The first-order valence-corrected chi connectivity index (χ1v) is 13.7. The van der Waals surface area contributed by atoms with Crippen molar-refractivity contribution in [1.29, 1.82) is 0 Å². The van der Waals surface area contributed by atoms with Crippen LogP contribution in [0.4, 0.5) is 5.69 Å². The zero-order chi connectivity index (χ0) is 22.2. The Bertz CT molecular complexity index is 1190. The minimum atomic E-state index is -3.55. The molecule has 9 heteroatoms. The summed E-state index contributed by atoms with van der Waals surface area (Å²) in [4.78, 5) is 15.5. The van der Waals surface area contributed by atoms with Crippen LogP contribution in [0.3, 0.4) is 0 Å². The second-order valence-electron chi connectivity index (χ2n) is 8.15. The average molecular weight is 463 g/mol. The fourth-order valence-electron chi connectivity index (χ4n) is 4.34. The Morgan fingerprint density at radius 1 is 0.903 bits per heavy atom. The van der Waals surface area contributed by atoms with Crippen LogP contribution in [0.2, 0.25) is 0 Å². The number of sulfonamides is 1. The van der Waals surface area contributed by atoms with Crippen LogP contribution >= 0.6 is 0 Å². The Morgan fingerprint density at radius 2 is 1.58 bits per heavy atom. The van der Waals surface area contributed by atoms with Crippen LogP contribution < -0.4 is 4.90 Å². The fourth-order valence-corrected chi connectivity index (χ4v) is 6.50. The van der Waals surface area contributed by atoms with E-state index < -0.39 is 19.9 Å². The van der Waals surface area contributed by atoms with Crippen LogP contribution in [0.1, 0.15) is 24.8 Å². The van der Waals surface area contributed by atoms with Crippen molar-refractivity contribution in [1.82, 2.24) is 4.31 Å². The van der Waals surface area contributed by atoms with Crippen LogP contribution in [0, 0.1) is 5.92 Å². The number of fused-ring (bicyclic) bond motifs is 1. The number of benzene rings is 2. The molecule has 2 aliphatic rings. The van der Waals surface area contributed by atoms with Gasteiger partial charge in [-0.1, -0.05) is 18.2 Å². The van der Waals surface area contributed by atoms with E-state index in [2.05, 4.69) is 0 Å². The Hall–Kier alpha value is -2.23. The summed E-state index contributed by atoms with van der Waals surface area (Å²) in [6.45, 7) is 1.20. The molecule has 2 aromatic rings. The van der Waals surface area contributed by atoms with Gasteiger partial charge >= 0.3 is 0 Å². The lowest BCUT2D eigenvalue weighted by molar-refractivity contribution is -0.123. The molecule has 1 amide bonds. The van der Waals surface area contributed by atoms with Gasteiger partial charge in [0.1, 0.15) is 0 Å². The molecule has 2 aliphatic heterocycles. The lowest BCUT2D eigenvalue weighted by Gasteiger charge is -2.36. The second kappa shape index (κ2) is 8.37. The van der Waals surface area contributed by atoms with Crippen molar-refractivity contribution in [2.45, 2.75) is 35.5 Å². The fraction of sp³-hybridized carbons (Fsp3) is 0.409. The first-order valence-electron chi connectivity index (χ1n) is 10.4. The molecule has 2 heterocycles. The summed E-state index contributed by atoms with van der Waals surface area (Å²) in [6, 6.07) is 13.3. The highest BCUT2D eigenvalue weighted by atomic mass is 32.2. The number of rotatable bonds is 4. The normalized spacial score (nSPS) is 18.5. The van der Waals surface area contributed by atoms with Gasteiger partial charge in [-0.15, -0.1) is 0 Å². The van der Waals surface area contributed by atoms with Gasteiger partial charge in [-0.05, 0) is 61.6 Å². The summed E-state index contributed by atoms with van der Waals surface area (Å²) >= 11 is 0. The van der Waals surface area contributed by atoms with Gasteiger partial charge in [-0.3, -0.25) is 4.79 Å². The van der Waals surface area contributed by atoms with Crippen molar-refractivity contribution >= 4 is 31.5 Å². The molecule has 0 spiro atoms. The Balaban J connectivity index is 1.48. The SMILES string of the molecule is CS(=O)(=O)c1ccc2c(c1)CCCN2C(=O)C1CCN(S(=O)(=O)c2ccccc2)CC1. The molecule has 1 fully saturated rings. The summed E-state index contributed by atoms with van der Waals surface area (Å²) in [6.07, 6.45) is 3.62. The molecule has 4 rings (SSSR count). The number of carbonyl (C=O) groups excluding carboxylic acids is 1. The summed E-state index contributed by atoms with van der Waals surface area (Å²) in [5.41, 5.74) is 1.63. The molecule has 0 aliphatic carbocycles. The molecule has 0 saturated carbocycles. The van der Waals surface area contributed by atoms with Gasteiger partial charge in [0, 0.05) is 37.5 Å². The zero-order valence-corrected chi connectivity index (χ0v) is 19.0. The molecule has 166 valence electrons. The van der Waals surface area contributed by atoms with Crippen molar-refractivity contribution in [2.75, 3.05) is 30.8 Å². The maximum Gasteiger partial charge on any atom is 0.243 e. The second-order valence-corrected chi connectivity index (χ2v) is 12.1. The van der Waals surface area contributed by atoms with Crippen molar-refractivity contribution in [3.05, 3.63) is 54.1 Å². The van der Waals surface area contributed by atoms with Gasteiger partial charge in [-0.25, -0.2) is 16.8 Å². The summed E-state index contributed by atoms with van der Waals surface area (Å²) in [7, 11) is -6.86. The van der Waals surface area contributed by atoms with E-state index in [1.807, 2.05) is 0 Å². The minimum absolute atomic E-state index is 0.00943. The summed E-state index contributed by atoms with van der Waals surface area (Å²) in [5.74, 6) is -0.257. The van der Waals surface area contributed by atoms with Gasteiger partial charge in [0.25, 0.3) is 0 Å². The molecular formula is C22H26N2O5S2. The number of amides is 1. The number of hydrogen-bond donors (Lipinski definition) is 0. The van der Waals surface area contributed by atoms with Crippen LogP contribution in [0.25, 0.3) is 0 Å². The third kappa shape index (κ3) is 4.40. The number of sulfone groups is 1. The van der Waals surface area contributed by atoms with Gasteiger partial charge in [-0.2, -0.15) is 4.31 Å². The lowest BCUT2D eigenvalue weighted by atomic mass is 9.94. The molecule has 0 bridgehead atoms. The standard InChI is InChI=1S/C22H26N2O5S2/c1-30(26,27)20-9-10-21-18(16-20)6-5-13-24(21)22(25)17-11-14-23(15-12-17)31(28,29)19-7-3-2-4-8-19/h2-4,7-10,16-17H,5-6,11-15H2,1H3. The molecule has 0 unspecified atom stereocenters. The number of piperidine rings is 1. The number of hydrogen-bond acceptors (Lipinski definition) is 5. The summed E-state index contributed by atoms with van der Waals surface area (Å²) in [5, 5.41) is 0. The average Bonchev–Trinajstić information content (AvgIpc) is 2.78. The van der Waals surface area contributed by atoms with Gasteiger partial charge in [0.15, 0.2) is 9.84 Å². The van der Waals surface area contributed by atoms with Crippen molar-refractivity contribution in [3.63, 3.8) is 0 Å². The highest BCUT2D eigenvalue weighted by Crippen LogP contribution is 2.33. The Labute approximate surface area is 183 Å². The number of anilines is 1. The van der Waals surface area contributed by atoms with E-state index in [0.29, 0.717) is 32.5 Å². The number of nitrogens with zero attached hydrogens (tertiary/aromatic N) is 2. The van der Waals surface area contributed by atoms with Crippen LogP contribution in [0.5, 0.6) is 0 Å². The Kier molecular flexibility index (Phi) is 5.93. The number of aryl methyl sites for hydroxylation is 1. The largest absolute Gasteiger partial charge is 0.312 e. The molecule has 1 saturated heterocycles. The maximum atomic E-state index is 13.3. The first kappa shape index (κ1) is 22.0. The smallest absolute Gasteiger partial charge is 0.243 e. The lowest BCUT2D eigenvalue weighted by Crippen LogP contribution is -2.45. The predicted molar refractivity (Wildman–Crippen MR) is 118 cm³/mol. The van der Waals surface area contributed by atoms with Crippen molar-refractivity contribution in [2.24, 2.45) is 5.92 Å². The highest BCUT2D eigenvalue weighted by molar-refractivity contribution is 7.90. The molecular weight excluding hydrogens is 436 g/mol. The van der Waals surface area contributed by atoms with E-state index in [9.17, 15) is 21.6 Å². The van der Waals surface area contributed by atoms with Gasteiger partial charge < -0.3 is 4.90 Å². The third-order valence-corrected chi connectivity index (χ3v) is 9.07. The number of carbonyl (C=O) groups is 1. The van der Waals surface area contributed by atoms with E-state index in [4.69, 9.17) is 0 Å². The predicted octanol–water partition coefficient (Wildman–Crippen LogP) is 2.47. The molecule has 0 N–H and O–H groups in total. The first-order chi connectivity index (χ1) is 14.7. The molecule has 0 radical (unpaired) electrons. The van der Waals surface area contributed by atoms with Gasteiger partial charge in [0.05, 0.1) is 9.79 Å². The van der Waals surface area contributed by atoms with E-state index in [0.717, 1.165) is 24.1 Å². The minimum Gasteiger partial charge on any atom is -0.312 e. The highest BCUT2D eigenvalue weighted by Gasteiger charge is 2.35. The Morgan fingerprint density at radius 3 is 2.23 bits per heavy atom. The summed E-state index contributed by atoms with van der Waals surface area (Å²) < 4.78 is 50.8. The zero-order valence-electron chi connectivity index (χ0n) is 17.4. The topological polar surface area (TPSA) is 91.8 Å². The molecule has 0 atom stereocenters. The monoisotopic (exact) mass is 462 g/mol. The quantitative estimate of drug-likeness (QED) is 0.696. The molecule has 31 heavy (non-hydrogen) atoms. The van der Waals surface area contributed by atoms with Crippen LogP contribution in [0.15, 0.2) is 58.3 Å². The molecule has 0 aromatic heterocycles. The maximum absolute atomic E-state index is 13.3. The third-order valence-electron chi connectivity index (χ3n) is 6.05. The van der Waals surface area contributed by atoms with E-state index in [1.165, 1.54) is 10.6 Å². The van der Waals surface area contributed by atoms with E-state index in [-0.39, 0.29) is 21.6 Å². The molecule has 7 nitrogen and oxygen atoms in total. The van der Waals surface area contributed by atoms with Gasteiger partial charge in [0.2, 0.25) is 15.9 Å². The molecule has 2 aromatic carbocycles. The van der Waals surface area contributed by atoms with Crippen molar-refractivity contribution < 1.29 is 21.6 Å². The van der Waals surface area contributed by atoms with Crippen LogP contribution in [-0.2, 0) is 31.1 Å². The van der Waals surface area contributed by atoms with E-state index in [1.54, 1.807) is 53.4 Å². The van der Waals surface area contributed by atoms with Crippen LogP contribution in [-0.4, -0.2) is 52.9 Å². The van der Waals surface area contributed by atoms with Crippen molar-refractivity contribution in [3.8, 4) is 0 Å².